The molecule has 32 heavy (non-hydrogen) atoms. The molecule has 0 atom stereocenters. The van der Waals surface area contributed by atoms with Gasteiger partial charge in [-0.15, -0.1) is 0 Å². The number of aromatic nitrogens is 3. The standard InChI is InChI=1S/C24H27N5O3/c1-4-11-28-15-18(17-7-5-6-8-20(17)28)19-13-21(24(30)26-25)29(27-19)14-16-9-10-22(31-2)23(12-16)32-3/h5-10,12-13,15H,4,11,14,25H2,1-3H3,(H,26,30). The van der Waals surface area contributed by atoms with Crippen molar-refractivity contribution in [2.75, 3.05) is 14.2 Å². The first-order valence-corrected chi connectivity index (χ1v) is 10.5. The van der Waals surface area contributed by atoms with Gasteiger partial charge in [0, 0.05) is 29.2 Å². The van der Waals surface area contributed by atoms with Crippen LogP contribution >= 0.6 is 0 Å². The summed E-state index contributed by atoms with van der Waals surface area (Å²) < 4.78 is 14.6. The van der Waals surface area contributed by atoms with Crippen molar-refractivity contribution in [3.05, 3.63) is 66.0 Å². The highest BCUT2D eigenvalue weighted by Crippen LogP contribution is 2.32. The molecule has 0 spiro atoms. The molecule has 4 aromatic rings. The Bertz CT molecular complexity index is 1260. The van der Waals surface area contributed by atoms with Gasteiger partial charge in [-0.25, -0.2) is 5.84 Å². The number of para-hydroxylation sites is 1. The molecule has 0 aliphatic heterocycles. The molecule has 166 valence electrons. The number of nitrogens with two attached hydrogens (primary N) is 1. The van der Waals surface area contributed by atoms with Crippen molar-refractivity contribution in [2.45, 2.75) is 26.4 Å². The molecular formula is C24H27N5O3. The fourth-order valence-corrected chi connectivity index (χ4v) is 3.95. The molecule has 0 saturated heterocycles. The number of carbonyl (C=O) groups is 1. The molecule has 0 radical (unpaired) electrons. The highest BCUT2D eigenvalue weighted by atomic mass is 16.5. The number of nitrogens with zero attached hydrogens (tertiary/aromatic N) is 3. The van der Waals surface area contributed by atoms with Crippen LogP contribution in [0.5, 0.6) is 11.5 Å². The average molecular weight is 434 g/mol. The fraction of sp³-hybridized carbons (Fsp3) is 0.250. The Morgan fingerprint density at radius 2 is 1.88 bits per heavy atom. The number of hydrogen-bond donors (Lipinski definition) is 2. The van der Waals surface area contributed by atoms with Crippen molar-refractivity contribution in [2.24, 2.45) is 5.84 Å². The second-order valence-electron chi connectivity index (χ2n) is 7.49. The normalized spacial score (nSPS) is 11.0. The first-order valence-electron chi connectivity index (χ1n) is 10.5. The molecule has 3 N–H and O–H groups in total. The third-order valence-electron chi connectivity index (χ3n) is 5.45. The van der Waals surface area contributed by atoms with Crippen LogP contribution in [0.1, 0.15) is 29.4 Å². The third-order valence-corrected chi connectivity index (χ3v) is 5.45. The van der Waals surface area contributed by atoms with Gasteiger partial charge in [0.25, 0.3) is 5.91 Å². The molecule has 0 aliphatic rings. The maximum atomic E-state index is 12.5. The number of ether oxygens (including phenoxy) is 2. The van der Waals surface area contributed by atoms with Crippen LogP contribution in [0, 0.1) is 0 Å². The van der Waals surface area contributed by atoms with E-state index in [0.29, 0.717) is 23.7 Å². The number of amides is 1. The monoisotopic (exact) mass is 433 g/mol. The van der Waals surface area contributed by atoms with Crippen LogP contribution in [-0.2, 0) is 13.1 Å². The van der Waals surface area contributed by atoms with Crippen LogP contribution in [0.25, 0.3) is 22.2 Å². The van der Waals surface area contributed by atoms with E-state index in [9.17, 15) is 4.79 Å². The van der Waals surface area contributed by atoms with Crippen LogP contribution in [0.3, 0.4) is 0 Å². The number of aryl methyl sites for hydroxylation is 1. The highest BCUT2D eigenvalue weighted by molar-refractivity contribution is 5.98. The summed E-state index contributed by atoms with van der Waals surface area (Å²) in [5.74, 6) is 6.30. The van der Waals surface area contributed by atoms with Crippen LogP contribution in [0.15, 0.2) is 54.7 Å². The molecule has 8 nitrogen and oxygen atoms in total. The zero-order chi connectivity index (χ0) is 22.7. The maximum Gasteiger partial charge on any atom is 0.283 e. The summed E-state index contributed by atoms with van der Waals surface area (Å²) in [5, 5.41) is 5.88. The van der Waals surface area contributed by atoms with Crippen LogP contribution in [-0.4, -0.2) is 34.5 Å². The van der Waals surface area contributed by atoms with Gasteiger partial charge in [-0.05, 0) is 36.2 Å². The number of methoxy groups -OCH3 is 2. The van der Waals surface area contributed by atoms with Crippen molar-refractivity contribution < 1.29 is 14.3 Å². The SMILES string of the molecule is CCCn1cc(-c2cc(C(=O)NN)n(Cc3ccc(OC)c(OC)c3)n2)c2ccccc21. The molecular weight excluding hydrogens is 406 g/mol. The Balaban J connectivity index is 1.79. The second kappa shape index (κ2) is 9.15. The minimum Gasteiger partial charge on any atom is -0.493 e. The van der Waals surface area contributed by atoms with Gasteiger partial charge in [0.1, 0.15) is 5.69 Å². The molecule has 0 bridgehead atoms. The molecule has 0 unspecified atom stereocenters. The van der Waals surface area contributed by atoms with Crippen LogP contribution in [0.2, 0.25) is 0 Å². The lowest BCUT2D eigenvalue weighted by Crippen LogP contribution is -2.32. The van der Waals surface area contributed by atoms with Gasteiger partial charge in [-0.1, -0.05) is 31.2 Å². The maximum absolute atomic E-state index is 12.5. The lowest BCUT2D eigenvalue weighted by Gasteiger charge is -2.11. The lowest BCUT2D eigenvalue weighted by atomic mass is 10.1. The Morgan fingerprint density at radius 3 is 2.59 bits per heavy atom. The van der Waals surface area contributed by atoms with Gasteiger partial charge < -0.3 is 14.0 Å². The number of carbonyl (C=O) groups excluding carboxylic acids is 1. The van der Waals surface area contributed by atoms with Crippen molar-refractivity contribution in [1.29, 1.82) is 0 Å². The van der Waals surface area contributed by atoms with E-state index in [1.54, 1.807) is 25.0 Å². The van der Waals surface area contributed by atoms with E-state index in [2.05, 4.69) is 35.2 Å². The summed E-state index contributed by atoms with van der Waals surface area (Å²) in [6.45, 7) is 3.43. The first-order chi connectivity index (χ1) is 15.6. The van der Waals surface area contributed by atoms with Gasteiger partial charge in [0.2, 0.25) is 0 Å². The van der Waals surface area contributed by atoms with Crippen molar-refractivity contribution in [3.63, 3.8) is 0 Å². The highest BCUT2D eigenvalue weighted by Gasteiger charge is 2.19. The molecule has 0 fully saturated rings. The number of hydrogen-bond acceptors (Lipinski definition) is 5. The summed E-state index contributed by atoms with van der Waals surface area (Å²) in [7, 11) is 3.18. The minimum atomic E-state index is -0.401. The predicted octanol–water partition coefficient (Wildman–Crippen LogP) is 3.58. The van der Waals surface area contributed by atoms with Crippen LogP contribution in [0.4, 0.5) is 0 Å². The molecule has 2 heterocycles. The predicted molar refractivity (Wildman–Crippen MR) is 124 cm³/mol. The molecule has 2 aromatic carbocycles. The number of nitrogens with one attached hydrogen (secondary N) is 1. The molecule has 0 saturated carbocycles. The number of rotatable bonds is 8. The van der Waals surface area contributed by atoms with E-state index in [-0.39, 0.29) is 0 Å². The van der Waals surface area contributed by atoms with Gasteiger partial charge in [-0.2, -0.15) is 5.10 Å². The van der Waals surface area contributed by atoms with Gasteiger partial charge in [-0.3, -0.25) is 14.9 Å². The average Bonchev–Trinajstić information content (AvgIpc) is 3.40. The van der Waals surface area contributed by atoms with E-state index in [1.165, 1.54) is 0 Å². The molecule has 0 aliphatic carbocycles. The zero-order valence-corrected chi connectivity index (χ0v) is 18.5. The smallest absolute Gasteiger partial charge is 0.283 e. The van der Waals surface area contributed by atoms with E-state index in [0.717, 1.165) is 40.7 Å². The van der Waals surface area contributed by atoms with E-state index < -0.39 is 5.91 Å². The van der Waals surface area contributed by atoms with Gasteiger partial charge in [0.15, 0.2) is 11.5 Å². The van der Waals surface area contributed by atoms with Crippen molar-refractivity contribution in [3.8, 4) is 22.8 Å². The molecule has 4 rings (SSSR count). The summed E-state index contributed by atoms with van der Waals surface area (Å²) in [5.41, 5.74) is 6.36. The lowest BCUT2D eigenvalue weighted by molar-refractivity contribution is 0.0943. The Hall–Kier alpha value is -3.78. The Morgan fingerprint density at radius 1 is 1.09 bits per heavy atom. The van der Waals surface area contributed by atoms with E-state index in [1.807, 2.05) is 30.3 Å². The summed E-state index contributed by atoms with van der Waals surface area (Å²) >= 11 is 0. The quantitative estimate of drug-likeness (QED) is 0.252. The summed E-state index contributed by atoms with van der Waals surface area (Å²) in [6.07, 6.45) is 3.12. The first kappa shape index (κ1) is 21.5. The largest absolute Gasteiger partial charge is 0.493 e. The molecule has 1 amide bonds. The van der Waals surface area contributed by atoms with Gasteiger partial charge >= 0.3 is 0 Å². The Labute approximate surface area is 186 Å². The van der Waals surface area contributed by atoms with Crippen LogP contribution < -0.4 is 20.7 Å². The van der Waals surface area contributed by atoms with Crippen molar-refractivity contribution in [1.82, 2.24) is 19.8 Å². The van der Waals surface area contributed by atoms with Gasteiger partial charge in [0.05, 0.1) is 26.5 Å². The minimum absolute atomic E-state index is 0.372. The number of nitrogen functional groups attached to an aromatic ring is 1. The summed E-state index contributed by atoms with van der Waals surface area (Å²) in [6, 6.07) is 15.6. The van der Waals surface area contributed by atoms with Crippen molar-refractivity contribution >= 4 is 16.8 Å². The van der Waals surface area contributed by atoms with E-state index in [4.69, 9.17) is 20.4 Å². The topological polar surface area (TPSA) is 96.3 Å². The fourth-order valence-electron chi connectivity index (χ4n) is 3.95. The molecule has 2 aromatic heterocycles. The second-order valence-corrected chi connectivity index (χ2v) is 7.49. The molecule has 8 heteroatoms. The summed E-state index contributed by atoms with van der Waals surface area (Å²) in [4.78, 5) is 12.5. The number of hydrazine groups is 1. The number of fused-ring (bicyclic) bond motifs is 1. The third kappa shape index (κ3) is 3.92. The zero-order valence-electron chi connectivity index (χ0n) is 18.5. The number of benzene rings is 2. The Kier molecular flexibility index (Phi) is 6.13. The van der Waals surface area contributed by atoms with E-state index >= 15 is 0 Å².